The van der Waals surface area contributed by atoms with Gasteiger partial charge in [-0.2, -0.15) is 0 Å². The Kier molecular flexibility index (Phi) is 5.97. The Labute approximate surface area is 245 Å². The monoisotopic (exact) mass is 536 g/mol. The molecule has 42 heavy (non-hydrogen) atoms. The van der Waals surface area contributed by atoms with E-state index < -0.39 is 0 Å². The van der Waals surface area contributed by atoms with E-state index in [1.54, 1.807) is 0 Å². The normalized spacial score (nSPS) is 17.6. The molecule has 8 rings (SSSR count). The maximum Gasteiger partial charge on any atom is 0.0346 e. The Balaban J connectivity index is 1.20. The molecule has 0 radical (unpaired) electrons. The van der Waals surface area contributed by atoms with E-state index in [0.29, 0.717) is 11.8 Å². The van der Waals surface area contributed by atoms with Crippen molar-refractivity contribution in [3.8, 4) is 22.3 Å². The average molecular weight is 537 g/mol. The van der Waals surface area contributed by atoms with Crippen LogP contribution in [0.5, 0.6) is 0 Å². The van der Waals surface area contributed by atoms with Crippen molar-refractivity contribution >= 4 is 32.7 Å². The van der Waals surface area contributed by atoms with Gasteiger partial charge in [-0.3, -0.25) is 9.97 Å². The highest BCUT2D eigenvalue weighted by atomic mass is 14.6. The Morgan fingerprint density at radius 1 is 0.429 bits per heavy atom. The molecule has 2 nitrogen and oxygen atoms in total. The van der Waals surface area contributed by atoms with Crippen molar-refractivity contribution in [2.45, 2.75) is 0 Å². The van der Waals surface area contributed by atoms with E-state index in [1.807, 2.05) is 36.9 Å². The van der Waals surface area contributed by atoms with Crippen LogP contribution in [-0.4, -0.2) is 9.97 Å². The number of fused-ring (bicyclic) bond motifs is 3. The molecule has 0 amide bonds. The zero-order valence-electron chi connectivity index (χ0n) is 23.1. The van der Waals surface area contributed by atoms with Gasteiger partial charge in [0.1, 0.15) is 0 Å². The summed E-state index contributed by atoms with van der Waals surface area (Å²) >= 11 is 0. The standard InChI is InChI=1S/C40H28N2/c1-2-8-28(9-3-1)39-35-10-4-6-12-37(35)40(38-13-7-5-11-36(38)39)32-17-16-29-22-31(15-14-30(29)23-32)34-24-33(25-42-26-34)27-18-20-41-21-19-27/h1-26,29-30H. The molecule has 0 bridgehead atoms. The number of hydrogen-bond acceptors (Lipinski definition) is 2. The first kappa shape index (κ1) is 24.5. The number of pyridine rings is 2. The van der Waals surface area contributed by atoms with Crippen molar-refractivity contribution in [2.75, 3.05) is 0 Å². The molecule has 0 N–H and O–H groups in total. The molecule has 2 aromatic heterocycles. The molecule has 0 aliphatic heterocycles. The molecule has 4 aromatic carbocycles. The van der Waals surface area contributed by atoms with Gasteiger partial charge in [-0.15, -0.1) is 0 Å². The fourth-order valence-electron chi connectivity index (χ4n) is 6.56. The van der Waals surface area contributed by atoms with Gasteiger partial charge < -0.3 is 0 Å². The summed E-state index contributed by atoms with van der Waals surface area (Å²) < 4.78 is 0. The predicted octanol–water partition coefficient (Wildman–Crippen LogP) is 9.96. The Morgan fingerprint density at radius 2 is 0.976 bits per heavy atom. The van der Waals surface area contributed by atoms with Crippen LogP contribution in [0.3, 0.4) is 0 Å². The van der Waals surface area contributed by atoms with Gasteiger partial charge in [0.2, 0.25) is 0 Å². The molecule has 0 saturated carbocycles. The van der Waals surface area contributed by atoms with Gasteiger partial charge in [0.05, 0.1) is 0 Å². The third-order valence-corrected chi connectivity index (χ3v) is 8.55. The van der Waals surface area contributed by atoms with Crippen molar-refractivity contribution in [1.82, 2.24) is 9.97 Å². The first-order valence-corrected chi connectivity index (χ1v) is 14.5. The molecule has 2 heteroatoms. The summed E-state index contributed by atoms with van der Waals surface area (Å²) in [6.45, 7) is 0. The molecule has 2 atom stereocenters. The lowest BCUT2D eigenvalue weighted by Gasteiger charge is -2.27. The zero-order chi connectivity index (χ0) is 27.9. The smallest absolute Gasteiger partial charge is 0.0346 e. The van der Waals surface area contributed by atoms with Gasteiger partial charge in [0, 0.05) is 47.8 Å². The van der Waals surface area contributed by atoms with Crippen LogP contribution in [0.25, 0.3) is 54.9 Å². The van der Waals surface area contributed by atoms with Crippen molar-refractivity contribution < 1.29 is 0 Å². The molecule has 0 saturated heterocycles. The summed E-state index contributed by atoms with van der Waals surface area (Å²) in [7, 11) is 0. The van der Waals surface area contributed by atoms with Gasteiger partial charge in [0.15, 0.2) is 0 Å². The Bertz CT molecular complexity index is 2020. The van der Waals surface area contributed by atoms with Gasteiger partial charge in [-0.05, 0) is 73.1 Å². The van der Waals surface area contributed by atoms with Crippen molar-refractivity contribution in [1.29, 1.82) is 0 Å². The highest BCUT2D eigenvalue weighted by molar-refractivity contribution is 6.19. The fraction of sp³-hybridized carbons (Fsp3) is 0.0500. The van der Waals surface area contributed by atoms with Crippen molar-refractivity contribution in [2.24, 2.45) is 11.8 Å². The number of allylic oxidation sites excluding steroid dienone is 8. The minimum atomic E-state index is 0.302. The Hall–Kier alpha value is -5.34. The summed E-state index contributed by atoms with van der Waals surface area (Å²) in [6.07, 6.45) is 21.7. The first-order valence-electron chi connectivity index (χ1n) is 14.5. The zero-order valence-corrected chi connectivity index (χ0v) is 23.1. The minimum Gasteiger partial charge on any atom is -0.265 e. The summed E-state index contributed by atoms with van der Waals surface area (Å²) in [4.78, 5) is 8.71. The number of nitrogens with zero attached hydrogens (tertiary/aromatic N) is 2. The highest BCUT2D eigenvalue weighted by Crippen LogP contribution is 2.44. The van der Waals surface area contributed by atoms with Crippen LogP contribution >= 0.6 is 0 Å². The maximum atomic E-state index is 4.55. The van der Waals surface area contributed by atoms with E-state index in [4.69, 9.17) is 0 Å². The summed E-state index contributed by atoms with van der Waals surface area (Å²) in [5, 5.41) is 5.16. The lowest BCUT2D eigenvalue weighted by atomic mass is 9.77. The van der Waals surface area contributed by atoms with Crippen molar-refractivity contribution in [3.05, 3.63) is 169 Å². The van der Waals surface area contributed by atoms with E-state index in [9.17, 15) is 0 Å². The second-order valence-electron chi connectivity index (χ2n) is 11.0. The highest BCUT2D eigenvalue weighted by Gasteiger charge is 2.24. The van der Waals surface area contributed by atoms with Gasteiger partial charge in [-0.1, -0.05) is 115 Å². The van der Waals surface area contributed by atoms with Crippen LogP contribution < -0.4 is 0 Å². The number of rotatable bonds is 4. The fourth-order valence-corrected chi connectivity index (χ4v) is 6.56. The van der Waals surface area contributed by atoms with Crippen molar-refractivity contribution in [3.63, 3.8) is 0 Å². The molecule has 6 aromatic rings. The van der Waals surface area contributed by atoms with Crippen LogP contribution in [0.1, 0.15) is 11.1 Å². The summed E-state index contributed by atoms with van der Waals surface area (Å²) in [6, 6.07) is 34.8. The topological polar surface area (TPSA) is 25.8 Å². The van der Waals surface area contributed by atoms with Gasteiger partial charge in [-0.25, -0.2) is 0 Å². The molecule has 0 fully saturated rings. The molecule has 2 aliphatic carbocycles. The molecular formula is C40H28N2. The lowest BCUT2D eigenvalue weighted by Crippen LogP contribution is -2.13. The first-order chi connectivity index (χ1) is 20.8. The van der Waals surface area contributed by atoms with E-state index in [1.165, 1.54) is 49.4 Å². The summed E-state index contributed by atoms with van der Waals surface area (Å²) in [5.41, 5.74) is 9.72. The predicted molar refractivity (Wildman–Crippen MR) is 176 cm³/mol. The van der Waals surface area contributed by atoms with Crippen LogP contribution in [0, 0.1) is 11.8 Å². The third-order valence-electron chi connectivity index (χ3n) is 8.55. The second-order valence-corrected chi connectivity index (χ2v) is 11.0. The van der Waals surface area contributed by atoms with E-state index in [2.05, 4.69) is 131 Å². The second kappa shape index (κ2) is 10.2. The largest absolute Gasteiger partial charge is 0.265 e. The van der Waals surface area contributed by atoms with Gasteiger partial charge >= 0.3 is 0 Å². The number of aromatic nitrogens is 2. The van der Waals surface area contributed by atoms with Crippen LogP contribution in [-0.2, 0) is 0 Å². The van der Waals surface area contributed by atoms with E-state index in [-0.39, 0.29) is 0 Å². The average Bonchev–Trinajstić information content (AvgIpc) is 3.07. The Morgan fingerprint density at radius 3 is 1.64 bits per heavy atom. The van der Waals surface area contributed by atoms with E-state index >= 15 is 0 Å². The lowest BCUT2D eigenvalue weighted by molar-refractivity contribution is 0.665. The quantitative estimate of drug-likeness (QED) is 0.210. The van der Waals surface area contributed by atoms with Gasteiger partial charge in [0.25, 0.3) is 0 Å². The van der Waals surface area contributed by atoms with Crippen LogP contribution in [0.15, 0.2) is 158 Å². The van der Waals surface area contributed by atoms with Crippen LogP contribution in [0.4, 0.5) is 0 Å². The SMILES string of the molecule is C1=CC2C=C(c3c4ccccc4c(-c4ccccc4)c4ccccc34)C=CC2C=C1c1cncc(-c2ccncc2)c1. The number of hydrogen-bond donors (Lipinski definition) is 0. The van der Waals surface area contributed by atoms with E-state index in [0.717, 1.165) is 16.7 Å². The number of benzene rings is 4. The third kappa shape index (κ3) is 4.20. The molecule has 2 aliphatic rings. The van der Waals surface area contributed by atoms with Crippen LogP contribution in [0.2, 0.25) is 0 Å². The molecule has 0 spiro atoms. The summed E-state index contributed by atoms with van der Waals surface area (Å²) in [5.74, 6) is 0.607. The molecule has 198 valence electrons. The molecule has 2 unspecified atom stereocenters. The minimum absolute atomic E-state index is 0.302. The molecule has 2 heterocycles. The molecular weight excluding hydrogens is 508 g/mol. The maximum absolute atomic E-state index is 4.55.